The van der Waals surface area contributed by atoms with Gasteiger partial charge in [-0.3, -0.25) is 0 Å². The third-order valence-corrected chi connectivity index (χ3v) is 4.06. The van der Waals surface area contributed by atoms with E-state index in [1.807, 2.05) is 13.0 Å². The van der Waals surface area contributed by atoms with E-state index < -0.39 is 0 Å². The number of anilines is 2. The average Bonchev–Trinajstić information content (AvgIpc) is 2.51. The molecule has 0 amide bonds. The molecule has 0 saturated heterocycles. The third kappa shape index (κ3) is 5.23. The molecule has 1 aromatic carbocycles. The van der Waals surface area contributed by atoms with Gasteiger partial charge in [-0.25, -0.2) is 4.98 Å². The van der Waals surface area contributed by atoms with Gasteiger partial charge in [-0.15, -0.1) is 0 Å². The number of ether oxygens (including phenoxy) is 1. The van der Waals surface area contributed by atoms with Crippen LogP contribution in [0.4, 0.5) is 11.5 Å². The second-order valence-corrected chi connectivity index (χ2v) is 7.53. The van der Waals surface area contributed by atoms with Crippen LogP contribution in [0.2, 0.25) is 5.02 Å². The highest BCUT2D eigenvalue weighted by Crippen LogP contribution is 2.33. The van der Waals surface area contributed by atoms with E-state index in [9.17, 15) is 0 Å². The molecule has 6 heteroatoms. The summed E-state index contributed by atoms with van der Waals surface area (Å²) in [6.45, 7) is 12.4. The fourth-order valence-electron chi connectivity index (χ4n) is 2.63. The Kier molecular flexibility index (Phi) is 6.48. The first kappa shape index (κ1) is 19.3. The highest BCUT2D eigenvalue weighted by atomic mass is 35.5. The van der Waals surface area contributed by atoms with Crippen LogP contribution in [0.3, 0.4) is 0 Å². The molecule has 0 aliphatic carbocycles. The van der Waals surface area contributed by atoms with E-state index in [1.54, 1.807) is 12.1 Å². The molecule has 136 valence electrons. The highest BCUT2D eigenvalue weighted by molar-refractivity contribution is 6.31. The zero-order chi connectivity index (χ0) is 18.6. The van der Waals surface area contributed by atoms with Gasteiger partial charge in [0, 0.05) is 18.1 Å². The van der Waals surface area contributed by atoms with Crippen molar-refractivity contribution in [3.63, 3.8) is 0 Å². The van der Waals surface area contributed by atoms with Crippen molar-refractivity contribution in [3.8, 4) is 11.6 Å². The molecule has 0 unspecified atom stereocenters. The first-order valence-electron chi connectivity index (χ1n) is 8.57. The molecule has 0 aliphatic heterocycles. The number of rotatable bonds is 7. The molecule has 2 aromatic rings. The Labute approximate surface area is 155 Å². The molecular weight excluding hydrogens is 336 g/mol. The average molecular weight is 363 g/mol. The number of hydrogen-bond acceptors (Lipinski definition) is 5. The molecule has 1 heterocycles. The molecule has 2 rings (SSSR count). The van der Waals surface area contributed by atoms with Crippen LogP contribution < -0.4 is 15.4 Å². The number of nitrogen functional groups attached to an aromatic ring is 1. The van der Waals surface area contributed by atoms with Crippen LogP contribution in [-0.2, 0) is 0 Å². The normalized spacial score (nSPS) is 11.2. The zero-order valence-corrected chi connectivity index (χ0v) is 16.3. The Morgan fingerprint density at radius 2 is 1.76 bits per heavy atom. The molecule has 0 saturated carbocycles. The first-order valence-corrected chi connectivity index (χ1v) is 8.95. The van der Waals surface area contributed by atoms with Gasteiger partial charge in [-0.2, -0.15) is 4.98 Å². The van der Waals surface area contributed by atoms with Gasteiger partial charge in [-0.05, 0) is 42.5 Å². The lowest BCUT2D eigenvalue weighted by Gasteiger charge is -2.28. The van der Waals surface area contributed by atoms with Crippen LogP contribution in [0.5, 0.6) is 11.6 Å². The summed E-state index contributed by atoms with van der Waals surface area (Å²) in [6.07, 6.45) is 1.50. The fourth-order valence-corrected chi connectivity index (χ4v) is 2.74. The molecule has 0 atom stereocenters. The van der Waals surface area contributed by atoms with Crippen molar-refractivity contribution in [2.45, 2.75) is 34.6 Å². The molecule has 2 N–H and O–H groups in total. The largest absolute Gasteiger partial charge is 0.437 e. The maximum absolute atomic E-state index is 6.33. The summed E-state index contributed by atoms with van der Waals surface area (Å²) >= 11 is 6.07. The van der Waals surface area contributed by atoms with Crippen molar-refractivity contribution in [2.24, 2.45) is 11.8 Å². The summed E-state index contributed by atoms with van der Waals surface area (Å²) < 4.78 is 5.88. The van der Waals surface area contributed by atoms with Gasteiger partial charge in [0.2, 0.25) is 5.88 Å². The van der Waals surface area contributed by atoms with Gasteiger partial charge in [-0.1, -0.05) is 39.3 Å². The summed E-state index contributed by atoms with van der Waals surface area (Å²) in [5.74, 6) is 2.73. The van der Waals surface area contributed by atoms with Crippen LogP contribution in [0.25, 0.3) is 0 Å². The Bertz CT molecular complexity index is 709. The SMILES string of the molecule is Cc1cc(Oc2ncnc(N(CC(C)C)CC(C)C)c2N)ccc1Cl. The first-order chi connectivity index (χ1) is 11.8. The smallest absolute Gasteiger partial charge is 0.248 e. The summed E-state index contributed by atoms with van der Waals surface area (Å²) in [5.41, 5.74) is 7.73. The molecule has 0 spiro atoms. The van der Waals surface area contributed by atoms with E-state index in [0.717, 1.165) is 24.5 Å². The van der Waals surface area contributed by atoms with E-state index >= 15 is 0 Å². The van der Waals surface area contributed by atoms with Crippen molar-refractivity contribution in [3.05, 3.63) is 35.1 Å². The molecule has 1 aromatic heterocycles. The van der Waals surface area contributed by atoms with Gasteiger partial charge in [0.05, 0.1) is 0 Å². The predicted octanol–water partition coefficient (Wildman–Crippen LogP) is 4.93. The highest BCUT2D eigenvalue weighted by Gasteiger charge is 2.18. The number of nitrogens with two attached hydrogens (primary N) is 1. The molecule has 0 radical (unpaired) electrons. The Hall–Kier alpha value is -2.01. The molecule has 5 nitrogen and oxygen atoms in total. The van der Waals surface area contributed by atoms with Crippen molar-refractivity contribution in [1.29, 1.82) is 0 Å². The minimum atomic E-state index is 0.365. The summed E-state index contributed by atoms with van der Waals surface area (Å²) in [4.78, 5) is 10.8. The number of benzene rings is 1. The van der Waals surface area contributed by atoms with Crippen molar-refractivity contribution in [2.75, 3.05) is 23.7 Å². The van der Waals surface area contributed by atoms with Crippen LogP contribution in [0.15, 0.2) is 24.5 Å². The topological polar surface area (TPSA) is 64.3 Å². The number of aromatic nitrogens is 2. The fraction of sp³-hybridized carbons (Fsp3) is 0.474. The minimum absolute atomic E-state index is 0.365. The molecular formula is C19H27ClN4O. The monoisotopic (exact) mass is 362 g/mol. The van der Waals surface area contributed by atoms with Crippen LogP contribution in [0.1, 0.15) is 33.3 Å². The van der Waals surface area contributed by atoms with Gasteiger partial charge < -0.3 is 15.4 Å². The van der Waals surface area contributed by atoms with Crippen LogP contribution in [0, 0.1) is 18.8 Å². The molecule has 0 bridgehead atoms. The van der Waals surface area contributed by atoms with Gasteiger partial charge >= 0.3 is 0 Å². The Morgan fingerprint density at radius 1 is 1.12 bits per heavy atom. The van der Waals surface area contributed by atoms with E-state index in [0.29, 0.717) is 34.2 Å². The zero-order valence-electron chi connectivity index (χ0n) is 15.6. The lowest BCUT2D eigenvalue weighted by molar-refractivity contribution is 0.462. The Morgan fingerprint density at radius 3 is 2.32 bits per heavy atom. The number of nitrogens with zero attached hydrogens (tertiary/aromatic N) is 3. The third-order valence-electron chi connectivity index (χ3n) is 3.64. The van der Waals surface area contributed by atoms with E-state index in [2.05, 4.69) is 42.6 Å². The van der Waals surface area contributed by atoms with Crippen molar-refractivity contribution < 1.29 is 4.74 Å². The second kappa shape index (κ2) is 8.39. The van der Waals surface area contributed by atoms with Crippen LogP contribution in [-0.4, -0.2) is 23.1 Å². The molecule has 0 aliphatic rings. The van der Waals surface area contributed by atoms with Gasteiger partial charge in [0.25, 0.3) is 0 Å². The summed E-state index contributed by atoms with van der Waals surface area (Å²) in [7, 11) is 0. The summed E-state index contributed by atoms with van der Waals surface area (Å²) in [6, 6.07) is 5.47. The van der Waals surface area contributed by atoms with Crippen molar-refractivity contribution >= 4 is 23.1 Å². The molecule has 0 fully saturated rings. The van der Waals surface area contributed by atoms with Gasteiger partial charge in [0.1, 0.15) is 17.8 Å². The van der Waals surface area contributed by atoms with Crippen LogP contribution >= 0.6 is 11.6 Å². The number of aryl methyl sites for hydroxylation is 1. The lowest BCUT2D eigenvalue weighted by atomic mass is 10.1. The van der Waals surface area contributed by atoms with E-state index in [1.165, 1.54) is 6.33 Å². The maximum atomic E-state index is 6.33. The minimum Gasteiger partial charge on any atom is -0.437 e. The number of hydrogen-bond donors (Lipinski definition) is 1. The quantitative estimate of drug-likeness (QED) is 0.756. The van der Waals surface area contributed by atoms with Crippen molar-refractivity contribution in [1.82, 2.24) is 9.97 Å². The lowest BCUT2D eigenvalue weighted by Crippen LogP contribution is -2.32. The summed E-state index contributed by atoms with van der Waals surface area (Å²) in [5, 5.41) is 0.698. The number of halogens is 1. The predicted molar refractivity (Wildman–Crippen MR) is 105 cm³/mol. The standard InChI is InChI=1S/C19H27ClN4O/c1-12(2)9-24(10-13(3)4)18-17(21)19(23-11-22-18)25-15-6-7-16(20)14(5)8-15/h6-8,11-13H,9-10,21H2,1-5H3. The maximum Gasteiger partial charge on any atom is 0.248 e. The van der Waals surface area contributed by atoms with E-state index in [4.69, 9.17) is 22.1 Å². The second-order valence-electron chi connectivity index (χ2n) is 7.12. The Balaban J connectivity index is 2.31. The van der Waals surface area contributed by atoms with Gasteiger partial charge in [0.15, 0.2) is 5.82 Å². The molecule has 25 heavy (non-hydrogen) atoms. The van der Waals surface area contributed by atoms with E-state index in [-0.39, 0.29) is 0 Å².